The molecule has 2 amide bonds. The van der Waals surface area contributed by atoms with E-state index in [1.165, 1.54) is 12.1 Å². The molecule has 0 heterocycles. The number of aliphatic hydroxyl groups is 1. The maximum absolute atomic E-state index is 14.1. The molecule has 0 radical (unpaired) electrons. The van der Waals surface area contributed by atoms with E-state index in [9.17, 15) is 18.5 Å². The van der Waals surface area contributed by atoms with E-state index in [0.29, 0.717) is 22.4 Å². The van der Waals surface area contributed by atoms with Crippen LogP contribution in [0.1, 0.15) is 77.8 Å². The van der Waals surface area contributed by atoms with Gasteiger partial charge in [-0.2, -0.15) is 0 Å². The third-order valence-corrected chi connectivity index (χ3v) is 7.65. The first kappa shape index (κ1) is 25.2. The van der Waals surface area contributed by atoms with Gasteiger partial charge >= 0.3 is 6.03 Å². The Kier molecular flexibility index (Phi) is 7.20. The molecular weight excluding hydrogens is 417 g/mol. The minimum Gasteiger partial charge on any atom is -0.386 e. The number of hydrogen-bond donors (Lipinski definition) is 3. The standard InChI is InChI=1S/C23H34FN3O3S/c1-14(2)18-11-17(24)12-19(15(3)4)20(18)26-21(28)27-31(25,30)23(7)10-8-9-16(13-23)22(5,6)29/h8-12,14-15,29H,13H2,1-7H3,(H3,25,26,27,28,30)/t23?,31-/m0/s1. The summed E-state index contributed by atoms with van der Waals surface area (Å²) >= 11 is 0. The first-order valence-electron chi connectivity index (χ1n) is 10.4. The molecule has 0 aliphatic heterocycles. The fourth-order valence-corrected chi connectivity index (χ4v) is 4.68. The molecule has 2 rings (SSSR count). The van der Waals surface area contributed by atoms with Crippen LogP contribution in [-0.2, 0) is 9.92 Å². The van der Waals surface area contributed by atoms with Gasteiger partial charge < -0.3 is 10.4 Å². The molecule has 1 aliphatic rings. The summed E-state index contributed by atoms with van der Waals surface area (Å²) in [5.41, 5.74) is 1.26. The van der Waals surface area contributed by atoms with Crippen molar-refractivity contribution >= 4 is 21.6 Å². The molecule has 0 saturated carbocycles. The molecular formula is C23H34FN3O3S. The Labute approximate surface area is 185 Å². The van der Waals surface area contributed by atoms with Gasteiger partial charge in [-0.3, -0.25) is 0 Å². The number of rotatable bonds is 5. The van der Waals surface area contributed by atoms with Crippen molar-refractivity contribution in [2.24, 2.45) is 9.50 Å². The summed E-state index contributed by atoms with van der Waals surface area (Å²) in [4.78, 5) is 12.8. The fourth-order valence-electron chi connectivity index (χ4n) is 3.55. The third-order valence-electron chi connectivity index (χ3n) is 5.60. The van der Waals surface area contributed by atoms with Gasteiger partial charge in [0.05, 0.1) is 10.3 Å². The SMILES string of the molecule is CC(C)c1cc(F)cc(C(C)C)c1NC(=O)N=[S@](N)(=O)C1(C)C=CC=C(C(C)(C)O)C1. The first-order chi connectivity index (χ1) is 14.1. The van der Waals surface area contributed by atoms with Gasteiger partial charge in [-0.1, -0.05) is 45.9 Å². The van der Waals surface area contributed by atoms with Crippen molar-refractivity contribution in [3.05, 3.63) is 52.9 Å². The van der Waals surface area contributed by atoms with Crippen molar-refractivity contribution < 1.29 is 18.5 Å². The van der Waals surface area contributed by atoms with Gasteiger partial charge in [-0.05, 0) is 67.9 Å². The third kappa shape index (κ3) is 5.61. The lowest BCUT2D eigenvalue weighted by Crippen LogP contribution is -2.43. The molecule has 0 spiro atoms. The van der Waals surface area contributed by atoms with Gasteiger partial charge in [0.25, 0.3) is 0 Å². The van der Waals surface area contributed by atoms with Crippen molar-refractivity contribution in [2.45, 2.75) is 77.1 Å². The summed E-state index contributed by atoms with van der Waals surface area (Å²) in [6, 6.07) is 1.92. The van der Waals surface area contributed by atoms with Crippen LogP contribution in [0, 0.1) is 5.82 Å². The molecule has 4 N–H and O–H groups in total. The van der Waals surface area contributed by atoms with Crippen molar-refractivity contribution in [2.75, 3.05) is 5.32 Å². The van der Waals surface area contributed by atoms with Crippen molar-refractivity contribution in [1.82, 2.24) is 0 Å². The number of nitrogens with one attached hydrogen (secondary N) is 1. The normalized spacial score (nSPS) is 21.1. The second kappa shape index (κ2) is 8.84. The summed E-state index contributed by atoms with van der Waals surface area (Å²) < 4.78 is 30.2. The van der Waals surface area contributed by atoms with Crippen molar-refractivity contribution in [3.8, 4) is 0 Å². The molecule has 2 atom stereocenters. The minimum absolute atomic E-state index is 0.0518. The van der Waals surface area contributed by atoms with E-state index in [2.05, 4.69) is 9.68 Å². The first-order valence-corrected chi connectivity index (χ1v) is 12.0. The van der Waals surface area contributed by atoms with E-state index in [1.54, 1.807) is 39.0 Å². The van der Waals surface area contributed by atoms with Crippen LogP contribution in [0.25, 0.3) is 0 Å². The zero-order valence-electron chi connectivity index (χ0n) is 19.3. The van der Waals surface area contributed by atoms with E-state index < -0.39 is 26.3 Å². The van der Waals surface area contributed by atoms with E-state index in [-0.39, 0.29) is 24.1 Å². The van der Waals surface area contributed by atoms with Crippen LogP contribution >= 0.6 is 0 Å². The highest BCUT2D eigenvalue weighted by molar-refractivity contribution is 7.93. The maximum atomic E-state index is 14.1. The Morgan fingerprint density at radius 3 is 2.23 bits per heavy atom. The van der Waals surface area contributed by atoms with E-state index in [1.807, 2.05) is 27.7 Å². The lowest BCUT2D eigenvalue weighted by atomic mass is 9.86. The monoisotopic (exact) mass is 451 g/mol. The highest BCUT2D eigenvalue weighted by Gasteiger charge is 2.38. The average Bonchev–Trinajstić information content (AvgIpc) is 2.61. The lowest BCUT2D eigenvalue weighted by Gasteiger charge is -2.34. The van der Waals surface area contributed by atoms with Crippen molar-refractivity contribution in [3.63, 3.8) is 0 Å². The van der Waals surface area contributed by atoms with Crippen LogP contribution < -0.4 is 10.5 Å². The topological polar surface area (TPSA) is 105 Å². The Morgan fingerprint density at radius 1 is 1.26 bits per heavy atom. The molecule has 1 aromatic carbocycles. The van der Waals surface area contributed by atoms with Crippen LogP contribution in [-0.4, -0.2) is 25.7 Å². The molecule has 172 valence electrons. The zero-order chi connectivity index (χ0) is 23.8. The van der Waals surface area contributed by atoms with Crippen LogP contribution in [0.15, 0.2) is 40.3 Å². The Morgan fingerprint density at radius 2 is 1.77 bits per heavy atom. The summed E-state index contributed by atoms with van der Waals surface area (Å²) in [5.74, 6) is -0.483. The Bertz CT molecular complexity index is 1020. The number of anilines is 1. The number of benzene rings is 1. The second-order valence-electron chi connectivity index (χ2n) is 9.46. The number of allylic oxidation sites excluding steroid dienone is 2. The average molecular weight is 452 g/mol. The van der Waals surface area contributed by atoms with Crippen molar-refractivity contribution in [1.29, 1.82) is 0 Å². The summed E-state index contributed by atoms with van der Waals surface area (Å²) in [6.07, 6.45) is 5.27. The van der Waals surface area contributed by atoms with E-state index >= 15 is 0 Å². The predicted octanol–water partition coefficient (Wildman–Crippen LogP) is 5.36. The molecule has 0 saturated heterocycles. The number of halogens is 1. The molecule has 1 aromatic rings. The van der Waals surface area contributed by atoms with Crippen LogP contribution in [0.2, 0.25) is 0 Å². The molecule has 6 nitrogen and oxygen atoms in total. The number of urea groups is 1. The molecule has 0 fully saturated rings. The smallest absolute Gasteiger partial charge is 0.354 e. The summed E-state index contributed by atoms with van der Waals surface area (Å²) in [5, 5.41) is 19.1. The highest BCUT2D eigenvalue weighted by Crippen LogP contribution is 2.36. The minimum atomic E-state index is -3.52. The molecule has 0 bridgehead atoms. The quantitative estimate of drug-likeness (QED) is 0.561. The van der Waals surface area contributed by atoms with Gasteiger partial charge in [0.15, 0.2) is 0 Å². The molecule has 0 aromatic heterocycles. The van der Waals surface area contributed by atoms with Gasteiger partial charge in [-0.25, -0.2) is 18.5 Å². The highest BCUT2D eigenvalue weighted by atomic mass is 32.2. The number of nitrogens with two attached hydrogens (primary N) is 1. The van der Waals surface area contributed by atoms with Gasteiger partial charge in [0.2, 0.25) is 0 Å². The molecule has 1 unspecified atom stereocenters. The zero-order valence-corrected chi connectivity index (χ0v) is 20.1. The lowest BCUT2D eigenvalue weighted by molar-refractivity contribution is 0.114. The van der Waals surface area contributed by atoms with Crippen LogP contribution in [0.3, 0.4) is 0 Å². The molecule has 8 heteroatoms. The fraction of sp³-hybridized carbons (Fsp3) is 0.522. The van der Waals surface area contributed by atoms with E-state index in [4.69, 9.17) is 5.14 Å². The van der Waals surface area contributed by atoms with E-state index in [0.717, 1.165) is 0 Å². The predicted molar refractivity (Wildman–Crippen MR) is 125 cm³/mol. The summed E-state index contributed by atoms with van der Waals surface area (Å²) in [7, 11) is -3.52. The number of hydrogen-bond acceptors (Lipinski definition) is 3. The number of amides is 2. The number of nitrogens with zero attached hydrogens (tertiary/aromatic N) is 1. The Hall–Kier alpha value is -2.03. The molecule has 31 heavy (non-hydrogen) atoms. The van der Waals surface area contributed by atoms with Crippen LogP contribution in [0.5, 0.6) is 0 Å². The summed E-state index contributed by atoms with van der Waals surface area (Å²) in [6.45, 7) is 12.5. The number of carbonyl (C=O) groups excluding carboxylic acids is 1. The number of carbonyl (C=O) groups is 1. The molecule has 1 aliphatic carbocycles. The maximum Gasteiger partial charge on any atom is 0.354 e. The van der Waals surface area contributed by atoms with Crippen LogP contribution in [0.4, 0.5) is 14.9 Å². The van der Waals surface area contributed by atoms with Gasteiger partial charge in [0, 0.05) is 5.69 Å². The van der Waals surface area contributed by atoms with Gasteiger partial charge in [0.1, 0.15) is 15.7 Å². The second-order valence-corrected chi connectivity index (χ2v) is 11.7. The van der Waals surface area contributed by atoms with Gasteiger partial charge in [-0.15, -0.1) is 4.36 Å². The Balaban J connectivity index is 2.45. The largest absolute Gasteiger partial charge is 0.386 e.